The Balaban J connectivity index is 2.33. The van der Waals surface area contributed by atoms with E-state index < -0.39 is 5.91 Å². The van der Waals surface area contributed by atoms with Gasteiger partial charge < -0.3 is 16.2 Å². The number of nitrogens with two attached hydrogens (primary N) is 2. The third kappa shape index (κ3) is 2.52. The number of ether oxygens (including phenoxy) is 1. The Morgan fingerprint density at radius 2 is 2.00 bits per heavy atom. The van der Waals surface area contributed by atoms with Crippen LogP contribution in [0.1, 0.15) is 10.4 Å². The van der Waals surface area contributed by atoms with Gasteiger partial charge in [0.15, 0.2) is 0 Å². The molecule has 0 fully saturated rings. The summed E-state index contributed by atoms with van der Waals surface area (Å²) >= 11 is 0. The van der Waals surface area contributed by atoms with Gasteiger partial charge in [0.2, 0.25) is 0 Å². The zero-order valence-electron chi connectivity index (χ0n) is 8.96. The van der Waals surface area contributed by atoms with Gasteiger partial charge in [0.05, 0.1) is 5.56 Å². The molecule has 0 unspecified atom stereocenters. The van der Waals surface area contributed by atoms with E-state index in [0.717, 1.165) is 0 Å². The summed E-state index contributed by atoms with van der Waals surface area (Å²) in [5.74, 6) is 0.707. The van der Waals surface area contributed by atoms with Crippen LogP contribution in [0.3, 0.4) is 0 Å². The molecule has 2 rings (SSSR count). The number of nitrogens with zero attached hydrogens (tertiary/aromatic N) is 1. The molecule has 0 atom stereocenters. The summed E-state index contributed by atoms with van der Waals surface area (Å²) in [6.07, 6.45) is 1.53. The lowest BCUT2D eigenvalue weighted by Gasteiger charge is -2.08. The first-order valence-corrected chi connectivity index (χ1v) is 4.95. The molecule has 5 heteroatoms. The lowest BCUT2D eigenvalue weighted by atomic mass is 10.2. The van der Waals surface area contributed by atoms with E-state index in [1.807, 2.05) is 0 Å². The highest BCUT2D eigenvalue weighted by atomic mass is 16.5. The van der Waals surface area contributed by atoms with Crippen LogP contribution in [0.25, 0.3) is 0 Å². The van der Waals surface area contributed by atoms with Crippen molar-refractivity contribution in [1.29, 1.82) is 0 Å². The standard InChI is InChI=1S/C12H11N3O2/c13-11-7-8(5-6-15-11)17-10-4-2-1-3-9(10)12(14)16/h1-7H,(H2,13,15)(H2,14,16). The predicted octanol–water partition coefficient (Wildman–Crippen LogP) is 1.55. The van der Waals surface area contributed by atoms with Crippen molar-refractivity contribution in [2.45, 2.75) is 0 Å². The van der Waals surface area contributed by atoms with Crippen molar-refractivity contribution >= 4 is 11.7 Å². The molecule has 0 saturated heterocycles. The van der Waals surface area contributed by atoms with Crippen molar-refractivity contribution in [1.82, 2.24) is 4.98 Å². The molecule has 0 radical (unpaired) electrons. The van der Waals surface area contributed by atoms with Gasteiger partial charge in [-0.2, -0.15) is 0 Å². The van der Waals surface area contributed by atoms with Gasteiger partial charge in [0.1, 0.15) is 17.3 Å². The van der Waals surface area contributed by atoms with Crippen LogP contribution in [0.5, 0.6) is 11.5 Å². The van der Waals surface area contributed by atoms with Crippen LogP contribution in [-0.2, 0) is 0 Å². The minimum atomic E-state index is -0.539. The number of pyridine rings is 1. The van der Waals surface area contributed by atoms with Crippen molar-refractivity contribution in [3.63, 3.8) is 0 Å². The van der Waals surface area contributed by atoms with Crippen molar-refractivity contribution in [3.8, 4) is 11.5 Å². The average Bonchev–Trinajstić information content (AvgIpc) is 2.29. The molecule has 86 valence electrons. The molecule has 1 amide bonds. The predicted molar refractivity (Wildman–Crippen MR) is 63.7 cm³/mol. The highest BCUT2D eigenvalue weighted by Gasteiger charge is 2.09. The number of benzene rings is 1. The SMILES string of the molecule is NC(=O)c1ccccc1Oc1ccnc(N)c1. The lowest BCUT2D eigenvalue weighted by Crippen LogP contribution is -2.12. The molecule has 0 saturated carbocycles. The van der Waals surface area contributed by atoms with Gasteiger partial charge in [-0.3, -0.25) is 4.79 Å². The first kappa shape index (κ1) is 10.9. The number of carbonyl (C=O) groups is 1. The molecule has 0 aliphatic rings. The second kappa shape index (κ2) is 4.52. The summed E-state index contributed by atoms with van der Waals surface area (Å²) < 4.78 is 5.53. The highest BCUT2D eigenvalue weighted by Crippen LogP contribution is 2.25. The molecule has 1 heterocycles. The van der Waals surface area contributed by atoms with Crippen LogP contribution >= 0.6 is 0 Å². The van der Waals surface area contributed by atoms with Gasteiger partial charge in [-0.1, -0.05) is 12.1 Å². The van der Waals surface area contributed by atoms with Gasteiger partial charge in [0.25, 0.3) is 5.91 Å². The summed E-state index contributed by atoms with van der Waals surface area (Å²) in [5.41, 5.74) is 11.1. The maximum Gasteiger partial charge on any atom is 0.252 e. The summed E-state index contributed by atoms with van der Waals surface area (Å²) in [5, 5.41) is 0. The van der Waals surface area contributed by atoms with Crippen LogP contribution in [0.4, 0.5) is 5.82 Å². The summed E-state index contributed by atoms with van der Waals surface area (Å²) in [4.78, 5) is 15.0. The summed E-state index contributed by atoms with van der Waals surface area (Å²) in [6, 6.07) is 9.95. The fourth-order valence-corrected chi connectivity index (χ4v) is 1.38. The van der Waals surface area contributed by atoms with E-state index in [-0.39, 0.29) is 0 Å². The van der Waals surface area contributed by atoms with Gasteiger partial charge in [0, 0.05) is 12.3 Å². The Kier molecular flexibility index (Phi) is 2.91. The molecule has 2 aromatic rings. The van der Waals surface area contributed by atoms with Gasteiger partial charge in [-0.05, 0) is 18.2 Å². The maximum atomic E-state index is 11.2. The van der Waals surface area contributed by atoms with E-state index in [9.17, 15) is 4.79 Å². The number of carbonyl (C=O) groups excluding carboxylic acids is 1. The number of hydrogen-bond acceptors (Lipinski definition) is 4. The van der Waals surface area contributed by atoms with Gasteiger partial charge >= 0.3 is 0 Å². The Labute approximate surface area is 98.0 Å². The molecular weight excluding hydrogens is 218 g/mol. The molecule has 0 spiro atoms. The number of rotatable bonds is 3. The monoisotopic (exact) mass is 229 g/mol. The van der Waals surface area contributed by atoms with E-state index in [0.29, 0.717) is 22.9 Å². The molecule has 4 N–H and O–H groups in total. The quantitative estimate of drug-likeness (QED) is 0.835. The molecule has 5 nitrogen and oxygen atoms in total. The van der Waals surface area contributed by atoms with E-state index >= 15 is 0 Å². The summed E-state index contributed by atoms with van der Waals surface area (Å²) in [7, 11) is 0. The van der Waals surface area contributed by atoms with E-state index in [1.165, 1.54) is 6.20 Å². The molecule has 1 aromatic carbocycles. The number of para-hydroxylation sites is 1. The van der Waals surface area contributed by atoms with Crippen LogP contribution in [0.2, 0.25) is 0 Å². The zero-order valence-corrected chi connectivity index (χ0v) is 8.96. The number of nitrogen functional groups attached to an aromatic ring is 1. The lowest BCUT2D eigenvalue weighted by molar-refractivity contribution is 0.0998. The van der Waals surface area contributed by atoms with Crippen molar-refractivity contribution in [2.24, 2.45) is 5.73 Å². The smallest absolute Gasteiger partial charge is 0.252 e. The third-order valence-electron chi connectivity index (χ3n) is 2.13. The Bertz CT molecular complexity index is 555. The normalized spacial score (nSPS) is 9.88. The Hall–Kier alpha value is -2.56. The molecule has 17 heavy (non-hydrogen) atoms. The fourth-order valence-electron chi connectivity index (χ4n) is 1.38. The van der Waals surface area contributed by atoms with Crippen molar-refractivity contribution in [3.05, 3.63) is 48.2 Å². The Morgan fingerprint density at radius 3 is 2.71 bits per heavy atom. The van der Waals surface area contributed by atoms with Gasteiger partial charge in [-0.25, -0.2) is 4.98 Å². The molecular formula is C12H11N3O2. The second-order valence-electron chi connectivity index (χ2n) is 3.38. The number of anilines is 1. The molecule has 0 bridgehead atoms. The minimum Gasteiger partial charge on any atom is -0.456 e. The number of aromatic nitrogens is 1. The zero-order chi connectivity index (χ0) is 12.3. The van der Waals surface area contributed by atoms with E-state index in [2.05, 4.69) is 4.98 Å². The third-order valence-corrected chi connectivity index (χ3v) is 2.13. The highest BCUT2D eigenvalue weighted by molar-refractivity contribution is 5.95. The fraction of sp³-hybridized carbons (Fsp3) is 0. The topological polar surface area (TPSA) is 91.2 Å². The average molecular weight is 229 g/mol. The molecule has 0 aliphatic carbocycles. The molecule has 0 aliphatic heterocycles. The number of hydrogen-bond donors (Lipinski definition) is 2. The Morgan fingerprint density at radius 1 is 1.24 bits per heavy atom. The number of amides is 1. The first-order valence-electron chi connectivity index (χ1n) is 4.95. The van der Waals surface area contributed by atoms with Crippen molar-refractivity contribution < 1.29 is 9.53 Å². The maximum absolute atomic E-state index is 11.2. The van der Waals surface area contributed by atoms with Crippen LogP contribution in [0.15, 0.2) is 42.6 Å². The van der Waals surface area contributed by atoms with Crippen LogP contribution in [0, 0.1) is 0 Å². The van der Waals surface area contributed by atoms with E-state index in [1.54, 1.807) is 36.4 Å². The second-order valence-corrected chi connectivity index (χ2v) is 3.38. The van der Waals surface area contributed by atoms with Crippen LogP contribution in [-0.4, -0.2) is 10.9 Å². The van der Waals surface area contributed by atoms with E-state index in [4.69, 9.17) is 16.2 Å². The minimum absolute atomic E-state index is 0.322. The van der Waals surface area contributed by atoms with Crippen LogP contribution < -0.4 is 16.2 Å². The molecule has 1 aromatic heterocycles. The summed E-state index contributed by atoms with van der Waals surface area (Å²) in [6.45, 7) is 0. The van der Waals surface area contributed by atoms with Gasteiger partial charge in [-0.15, -0.1) is 0 Å². The largest absolute Gasteiger partial charge is 0.456 e. The number of primary amides is 1. The van der Waals surface area contributed by atoms with Crippen molar-refractivity contribution in [2.75, 3.05) is 5.73 Å². The first-order chi connectivity index (χ1) is 8.16.